The standard InChI is InChI=1S/C44H90O4S4/c1-9-17-23-25-27-29-31-33-35-43(15-7,41(45-37-19-11-3)46-38-20-12-4)49-51-52-50-44(16-8,36-34-32-30-28-26-24-18-10-2)42(47-39-21-13-5)48-40-22-14-6/h41-42H,9-40H2,1-8H3. The lowest BCUT2D eigenvalue weighted by molar-refractivity contribution is -0.165. The zero-order chi connectivity index (χ0) is 38.4. The van der Waals surface area contributed by atoms with Crippen molar-refractivity contribution in [2.24, 2.45) is 0 Å². The molecule has 0 heterocycles. The Kier molecular flexibility index (Phi) is 40.0. The summed E-state index contributed by atoms with van der Waals surface area (Å²) in [5, 5.41) is 0. The first-order valence-electron chi connectivity index (χ1n) is 22.7. The van der Waals surface area contributed by atoms with Gasteiger partial charge in [-0.2, -0.15) is 0 Å². The van der Waals surface area contributed by atoms with Crippen molar-refractivity contribution in [1.29, 1.82) is 0 Å². The van der Waals surface area contributed by atoms with E-state index in [4.69, 9.17) is 18.9 Å². The summed E-state index contributed by atoms with van der Waals surface area (Å²) < 4.78 is 26.5. The predicted octanol–water partition coefficient (Wildman–Crippen LogP) is 16.9. The molecule has 314 valence electrons. The maximum absolute atomic E-state index is 6.67. The van der Waals surface area contributed by atoms with E-state index in [0.29, 0.717) is 0 Å². The van der Waals surface area contributed by atoms with Crippen LogP contribution in [0, 0.1) is 0 Å². The molecule has 2 unspecified atom stereocenters. The molecule has 0 aromatic heterocycles. The highest BCUT2D eigenvalue weighted by molar-refractivity contribution is 9.26. The normalized spacial score (nSPS) is 14.4. The summed E-state index contributed by atoms with van der Waals surface area (Å²) in [4.78, 5) is 0. The average Bonchev–Trinajstić information content (AvgIpc) is 3.16. The van der Waals surface area contributed by atoms with Crippen LogP contribution in [0.5, 0.6) is 0 Å². The summed E-state index contributed by atoms with van der Waals surface area (Å²) in [6, 6.07) is 0. The molecule has 2 atom stereocenters. The van der Waals surface area contributed by atoms with Crippen LogP contribution in [0.25, 0.3) is 0 Å². The summed E-state index contributed by atoms with van der Waals surface area (Å²) >= 11 is 0. The molecule has 4 nitrogen and oxygen atoms in total. The molecule has 0 amide bonds. The zero-order valence-electron chi connectivity index (χ0n) is 36.0. The number of unbranched alkanes of at least 4 members (excludes halogenated alkanes) is 18. The fourth-order valence-corrected chi connectivity index (χ4v) is 15.1. The fourth-order valence-electron chi connectivity index (χ4n) is 6.52. The van der Waals surface area contributed by atoms with Crippen LogP contribution in [0.15, 0.2) is 0 Å². The lowest BCUT2D eigenvalue weighted by Gasteiger charge is -2.40. The highest BCUT2D eigenvalue weighted by Gasteiger charge is 2.43. The quantitative estimate of drug-likeness (QED) is 0.0342. The molecule has 8 heteroatoms. The minimum Gasteiger partial charge on any atom is -0.351 e. The molecular weight excluding hydrogens is 721 g/mol. The first-order chi connectivity index (χ1) is 25.5. The molecule has 0 radical (unpaired) electrons. The number of hydrogen-bond donors (Lipinski definition) is 0. The van der Waals surface area contributed by atoms with Gasteiger partial charge in [0.05, 0.1) is 9.49 Å². The van der Waals surface area contributed by atoms with Gasteiger partial charge in [0.2, 0.25) is 0 Å². The second-order valence-corrected chi connectivity index (χ2v) is 21.6. The number of rotatable bonds is 43. The third kappa shape index (κ3) is 26.2. The van der Waals surface area contributed by atoms with Crippen LogP contribution in [0.2, 0.25) is 0 Å². The molecule has 0 aliphatic rings. The third-order valence-electron chi connectivity index (χ3n) is 10.5. The molecule has 0 aromatic rings. The fraction of sp³-hybridized carbons (Fsp3) is 1.00. The van der Waals surface area contributed by atoms with Crippen LogP contribution >= 0.6 is 41.2 Å². The van der Waals surface area contributed by atoms with Crippen molar-refractivity contribution >= 4 is 41.2 Å². The van der Waals surface area contributed by atoms with Crippen molar-refractivity contribution in [2.75, 3.05) is 26.4 Å². The maximum atomic E-state index is 6.67. The Hall–Kier alpha value is 1.24. The predicted molar refractivity (Wildman–Crippen MR) is 242 cm³/mol. The van der Waals surface area contributed by atoms with E-state index >= 15 is 0 Å². The van der Waals surface area contributed by atoms with Crippen molar-refractivity contribution in [2.45, 2.75) is 257 Å². The van der Waals surface area contributed by atoms with Crippen LogP contribution in [0.3, 0.4) is 0 Å². The molecule has 0 saturated carbocycles. The van der Waals surface area contributed by atoms with E-state index in [1.807, 2.05) is 41.2 Å². The van der Waals surface area contributed by atoms with Crippen LogP contribution in [-0.2, 0) is 18.9 Å². The topological polar surface area (TPSA) is 36.9 Å². The SMILES string of the molecule is CCCCCCCCCCC(CC)(SSSSC(CC)(CCCCCCCCCC)C(OCCCC)OCCCC)C(OCCCC)OCCCC. The minimum absolute atomic E-state index is 0.0662. The Morgan fingerprint density at radius 2 is 0.577 bits per heavy atom. The molecule has 0 aliphatic carbocycles. The monoisotopic (exact) mass is 811 g/mol. The van der Waals surface area contributed by atoms with Crippen molar-refractivity contribution in [3.63, 3.8) is 0 Å². The van der Waals surface area contributed by atoms with Gasteiger partial charge in [0.25, 0.3) is 0 Å². The van der Waals surface area contributed by atoms with Gasteiger partial charge >= 0.3 is 0 Å². The van der Waals surface area contributed by atoms with E-state index in [2.05, 4.69) is 55.4 Å². The highest BCUT2D eigenvalue weighted by Crippen LogP contribution is 2.58. The zero-order valence-corrected chi connectivity index (χ0v) is 39.3. The van der Waals surface area contributed by atoms with Crippen molar-refractivity contribution in [3.05, 3.63) is 0 Å². The van der Waals surface area contributed by atoms with Crippen LogP contribution < -0.4 is 0 Å². The maximum Gasteiger partial charge on any atom is 0.172 e. The minimum atomic E-state index is -0.168. The molecule has 0 aromatic carbocycles. The summed E-state index contributed by atoms with van der Waals surface area (Å²) in [7, 11) is 8.02. The molecule has 0 spiro atoms. The van der Waals surface area contributed by atoms with Crippen molar-refractivity contribution in [1.82, 2.24) is 0 Å². The van der Waals surface area contributed by atoms with Gasteiger partial charge in [-0.05, 0) is 71.0 Å². The van der Waals surface area contributed by atoms with Crippen molar-refractivity contribution < 1.29 is 18.9 Å². The largest absolute Gasteiger partial charge is 0.351 e. The summed E-state index contributed by atoms with van der Waals surface area (Å²) in [5.74, 6) is 0. The van der Waals surface area contributed by atoms with E-state index in [1.165, 1.54) is 103 Å². The van der Waals surface area contributed by atoms with Gasteiger partial charge in [-0.1, -0.05) is 205 Å². The second-order valence-electron chi connectivity index (χ2n) is 15.2. The molecule has 0 fully saturated rings. The summed E-state index contributed by atoms with van der Waals surface area (Å²) in [5.41, 5.74) is 0. The molecule has 0 bridgehead atoms. The van der Waals surface area contributed by atoms with Gasteiger partial charge in [-0.3, -0.25) is 0 Å². The first-order valence-corrected chi connectivity index (χ1v) is 27.5. The van der Waals surface area contributed by atoms with Crippen LogP contribution in [0.4, 0.5) is 0 Å². The van der Waals surface area contributed by atoms with E-state index in [0.717, 1.165) is 103 Å². The molecule has 0 rings (SSSR count). The van der Waals surface area contributed by atoms with Crippen LogP contribution in [0.1, 0.15) is 235 Å². The van der Waals surface area contributed by atoms with Crippen LogP contribution in [-0.4, -0.2) is 48.5 Å². The second kappa shape index (κ2) is 39.1. The van der Waals surface area contributed by atoms with E-state index in [-0.39, 0.29) is 22.1 Å². The Morgan fingerprint density at radius 3 is 0.827 bits per heavy atom. The Labute approximate surface area is 342 Å². The lowest BCUT2D eigenvalue weighted by Crippen LogP contribution is -2.43. The molecule has 0 aliphatic heterocycles. The van der Waals surface area contributed by atoms with Gasteiger partial charge in [0.15, 0.2) is 12.6 Å². The van der Waals surface area contributed by atoms with Gasteiger partial charge < -0.3 is 18.9 Å². The Balaban J connectivity index is 5.94. The highest BCUT2D eigenvalue weighted by atomic mass is 33.7. The Morgan fingerprint density at radius 1 is 0.327 bits per heavy atom. The van der Waals surface area contributed by atoms with Crippen molar-refractivity contribution in [3.8, 4) is 0 Å². The molecule has 0 N–H and O–H groups in total. The smallest absolute Gasteiger partial charge is 0.172 e. The van der Waals surface area contributed by atoms with E-state index < -0.39 is 0 Å². The van der Waals surface area contributed by atoms with Gasteiger partial charge in [-0.15, -0.1) is 0 Å². The van der Waals surface area contributed by atoms with Gasteiger partial charge in [0, 0.05) is 26.4 Å². The molecular formula is C44H90O4S4. The molecule has 0 saturated heterocycles. The number of ether oxygens (including phenoxy) is 4. The average molecular weight is 811 g/mol. The van der Waals surface area contributed by atoms with E-state index in [9.17, 15) is 0 Å². The number of hydrogen-bond acceptors (Lipinski definition) is 8. The lowest BCUT2D eigenvalue weighted by atomic mass is 9.95. The summed E-state index contributed by atoms with van der Waals surface area (Å²) in [6.07, 6.45) is 34.5. The van der Waals surface area contributed by atoms with Gasteiger partial charge in [0.1, 0.15) is 0 Å². The van der Waals surface area contributed by atoms with E-state index in [1.54, 1.807) is 0 Å². The summed E-state index contributed by atoms with van der Waals surface area (Å²) in [6.45, 7) is 21.5. The van der Waals surface area contributed by atoms with Gasteiger partial charge in [-0.25, -0.2) is 0 Å². The third-order valence-corrected chi connectivity index (χ3v) is 18.5. The Bertz CT molecular complexity index is 642. The first kappa shape index (κ1) is 53.2. The molecule has 52 heavy (non-hydrogen) atoms.